The summed E-state index contributed by atoms with van der Waals surface area (Å²) < 4.78 is 17.8. The zero-order valence-electron chi connectivity index (χ0n) is 25.6. The van der Waals surface area contributed by atoms with E-state index in [1.54, 1.807) is 0 Å². The van der Waals surface area contributed by atoms with E-state index >= 15 is 0 Å². The predicted molar refractivity (Wildman–Crippen MR) is 162 cm³/mol. The molecule has 2 saturated carbocycles. The summed E-state index contributed by atoms with van der Waals surface area (Å²) in [6.45, 7) is 2.64. The zero-order chi connectivity index (χ0) is 29.7. The van der Waals surface area contributed by atoms with Gasteiger partial charge in [-0.25, -0.2) is 4.79 Å². The molecule has 4 fully saturated rings. The van der Waals surface area contributed by atoms with Gasteiger partial charge >= 0.3 is 5.97 Å². The molecule has 0 radical (unpaired) electrons. The van der Waals surface area contributed by atoms with Gasteiger partial charge in [0.2, 0.25) is 5.76 Å². The monoisotopic (exact) mass is 589 g/mol. The second kappa shape index (κ2) is 12.1. The Morgan fingerprint density at radius 2 is 1.84 bits per heavy atom. The number of methoxy groups -OCH3 is 1. The molecule has 1 aromatic carbocycles. The minimum absolute atomic E-state index is 0.0490. The van der Waals surface area contributed by atoms with Crippen LogP contribution in [0.4, 0.5) is 0 Å². The van der Waals surface area contributed by atoms with Crippen LogP contribution in [0.25, 0.3) is 0 Å². The van der Waals surface area contributed by atoms with Gasteiger partial charge in [0.05, 0.1) is 19.8 Å². The normalized spacial score (nSPS) is 37.2. The van der Waals surface area contributed by atoms with Crippen molar-refractivity contribution in [3.63, 3.8) is 0 Å². The van der Waals surface area contributed by atoms with Gasteiger partial charge in [-0.15, -0.1) is 0 Å². The number of rotatable bonds is 6. The van der Waals surface area contributed by atoms with E-state index in [4.69, 9.17) is 14.2 Å². The highest BCUT2D eigenvalue weighted by Crippen LogP contribution is 2.57. The van der Waals surface area contributed by atoms with E-state index in [2.05, 4.69) is 48.2 Å². The van der Waals surface area contributed by atoms with Gasteiger partial charge in [-0.2, -0.15) is 0 Å². The molecule has 43 heavy (non-hydrogen) atoms. The van der Waals surface area contributed by atoms with Gasteiger partial charge in [0.25, 0.3) is 0 Å². The maximum atomic E-state index is 12.6. The standard InChI is InChI=1S/C36H47NO6/c1-21-31-28-19-26-24(23-12-7-4-8-13-23)15-16-25(26)32(29(39)18-22-10-5-3-6-11-22)37(28)17-9-14-30(31)42-33(21)35-34(41-2)27(20-38)36(40)43-35/h4,7-8,12-14,21-22,24-26,28-29,31-32,38-39H,3,5-6,9-11,15-20H2,1-2H3. The fraction of sp³-hybridized carbons (Fsp3) is 0.639. The predicted octanol–water partition coefficient (Wildman–Crippen LogP) is 5.80. The summed E-state index contributed by atoms with van der Waals surface area (Å²) in [6, 6.07) is 11.4. The molecule has 0 aromatic heterocycles. The van der Waals surface area contributed by atoms with Gasteiger partial charge in [0.1, 0.15) is 11.3 Å². The van der Waals surface area contributed by atoms with E-state index in [0.29, 0.717) is 35.2 Å². The molecule has 6 aliphatic rings. The lowest BCUT2D eigenvalue weighted by atomic mass is 9.68. The minimum Gasteiger partial charge on any atom is -0.492 e. The summed E-state index contributed by atoms with van der Waals surface area (Å²) in [4.78, 5) is 15.2. The summed E-state index contributed by atoms with van der Waals surface area (Å²) in [7, 11) is 1.50. The quantitative estimate of drug-likeness (QED) is 0.406. The van der Waals surface area contributed by atoms with Crippen LogP contribution in [0.3, 0.4) is 0 Å². The molecule has 0 amide bonds. The number of aliphatic hydroxyl groups is 2. The van der Waals surface area contributed by atoms with Crippen LogP contribution in [0.2, 0.25) is 0 Å². The Labute approximate surface area is 255 Å². The van der Waals surface area contributed by atoms with E-state index in [-0.39, 0.29) is 41.4 Å². The first kappa shape index (κ1) is 29.1. The van der Waals surface area contributed by atoms with E-state index in [1.807, 2.05) is 0 Å². The average Bonchev–Trinajstić information content (AvgIpc) is 3.65. The Hall–Kier alpha value is -2.61. The molecule has 4 heterocycles. The topological polar surface area (TPSA) is 88.5 Å². The van der Waals surface area contributed by atoms with Gasteiger partial charge in [0.15, 0.2) is 11.5 Å². The lowest BCUT2D eigenvalue weighted by Gasteiger charge is -2.52. The summed E-state index contributed by atoms with van der Waals surface area (Å²) >= 11 is 0. The molecule has 1 aromatic rings. The van der Waals surface area contributed by atoms with Crippen LogP contribution >= 0.6 is 0 Å². The molecule has 0 bridgehead atoms. The number of aliphatic hydroxyl groups excluding tert-OH is 2. The number of allylic oxidation sites excluding steroid dienone is 1. The number of benzene rings is 1. The fourth-order valence-electron chi connectivity index (χ4n) is 9.89. The first-order valence-electron chi connectivity index (χ1n) is 16.7. The van der Waals surface area contributed by atoms with Gasteiger partial charge in [-0.1, -0.05) is 69.4 Å². The number of carbonyl (C=O) groups is 1. The molecule has 2 saturated heterocycles. The maximum absolute atomic E-state index is 12.6. The average molecular weight is 590 g/mol. The molecule has 7 nitrogen and oxygen atoms in total. The lowest BCUT2D eigenvalue weighted by Crippen LogP contribution is -2.60. The number of piperidine rings is 1. The third kappa shape index (κ3) is 5.05. The summed E-state index contributed by atoms with van der Waals surface area (Å²) in [5.74, 6) is 3.67. The van der Waals surface area contributed by atoms with Crippen molar-refractivity contribution >= 4 is 5.97 Å². The van der Waals surface area contributed by atoms with Crippen LogP contribution in [-0.4, -0.2) is 59.5 Å². The smallest absolute Gasteiger partial charge is 0.345 e. The van der Waals surface area contributed by atoms with E-state index < -0.39 is 12.6 Å². The van der Waals surface area contributed by atoms with Crippen molar-refractivity contribution in [2.75, 3.05) is 20.3 Å². The summed E-state index contributed by atoms with van der Waals surface area (Å²) in [5.41, 5.74) is 1.56. The number of carbonyl (C=O) groups excluding carboxylic acids is 1. The second-order valence-electron chi connectivity index (χ2n) is 13.8. The Morgan fingerprint density at radius 3 is 2.58 bits per heavy atom. The number of cyclic esters (lactones) is 1. The molecule has 8 unspecified atom stereocenters. The van der Waals surface area contributed by atoms with E-state index in [9.17, 15) is 15.0 Å². The highest BCUT2D eigenvalue weighted by Gasteiger charge is 2.56. The molecule has 4 aliphatic heterocycles. The van der Waals surface area contributed by atoms with Crippen LogP contribution in [-0.2, 0) is 19.0 Å². The van der Waals surface area contributed by atoms with Crippen molar-refractivity contribution in [3.8, 4) is 0 Å². The zero-order valence-corrected chi connectivity index (χ0v) is 25.6. The van der Waals surface area contributed by atoms with Crippen LogP contribution in [0, 0.1) is 29.6 Å². The van der Waals surface area contributed by atoms with E-state index in [0.717, 1.165) is 38.0 Å². The Bertz CT molecular complexity index is 1300. The van der Waals surface area contributed by atoms with E-state index in [1.165, 1.54) is 51.2 Å². The number of ether oxygens (including phenoxy) is 3. The first-order chi connectivity index (χ1) is 21.0. The van der Waals surface area contributed by atoms with Crippen molar-refractivity contribution < 1.29 is 29.2 Å². The molecule has 7 heteroatoms. The third-order valence-electron chi connectivity index (χ3n) is 11.7. The van der Waals surface area contributed by atoms with Gasteiger partial charge in [-0.05, 0) is 67.4 Å². The molecule has 2 N–H and O–H groups in total. The molecule has 2 aliphatic carbocycles. The highest BCUT2D eigenvalue weighted by atomic mass is 16.6. The van der Waals surface area contributed by atoms with Crippen LogP contribution in [0.5, 0.6) is 0 Å². The van der Waals surface area contributed by atoms with Gasteiger partial charge < -0.3 is 24.4 Å². The third-order valence-corrected chi connectivity index (χ3v) is 11.7. The minimum atomic E-state index is -0.580. The van der Waals surface area contributed by atoms with Gasteiger partial charge in [0, 0.05) is 30.5 Å². The lowest BCUT2D eigenvalue weighted by molar-refractivity contribution is -0.133. The first-order valence-corrected chi connectivity index (χ1v) is 16.7. The number of esters is 1. The highest BCUT2D eigenvalue weighted by molar-refractivity contribution is 5.94. The number of hydrogen-bond acceptors (Lipinski definition) is 7. The largest absolute Gasteiger partial charge is 0.492 e. The van der Waals surface area contributed by atoms with Crippen molar-refractivity contribution in [2.24, 2.45) is 29.6 Å². The molecular formula is C36H47NO6. The molecule has 0 spiro atoms. The van der Waals surface area contributed by atoms with Crippen LogP contribution < -0.4 is 0 Å². The number of fused-ring (bicyclic) bond motifs is 4. The Morgan fingerprint density at radius 1 is 1.05 bits per heavy atom. The number of hydrogen-bond donors (Lipinski definition) is 2. The molecule has 8 atom stereocenters. The number of nitrogens with zero attached hydrogens (tertiary/aromatic N) is 1. The summed E-state index contributed by atoms with van der Waals surface area (Å²) in [6.07, 6.45) is 13.4. The van der Waals surface area contributed by atoms with Crippen LogP contribution in [0.1, 0.15) is 82.6 Å². The molecule has 7 rings (SSSR count). The van der Waals surface area contributed by atoms with Gasteiger partial charge in [-0.3, -0.25) is 4.90 Å². The van der Waals surface area contributed by atoms with Crippen molar-refractivity contribution in [1.82, 2.24) is 4.90 Å². The van der Waals surface area contributed by atoms with Crippen molar-refractivity contribution in [2.45, 2.75) is 95.2 Å². The molecular weight excluding hydrogens is 542 g/mol. The van der Waals surface area contributed by atoms with Crippen LogP contribution in [0.15, 0.2) is 65.0 Å². The Balaban J connectivity index is 1.25. The van der Waals surface area contributed by atoms with Crippen molar-refractivity contribution in [1.29, 1.82) is 0 Å². The maximum Gasteiger partial charge on any atom is 0.345 e. The Kier molecular flexibility index (Phi) is 8.17. The van der Waals surface area contributed by atoms with Crippen molar-refractivity contribution in [3.05, 3.63) is 70.6 Å². The molecule has 232 valence electrons. The SMILES string of the molecule is COC1=C(CO)C(=O)OC1=C1OC2=CCCN3C(CC4C(c5ccccc5)CCC4C3C(O)CC3CCCCC3)C2C1C. The fourth-order valence-corrected chi connectivity index (χ4v) is 9.89. The summed E-state index contributed by atoms with van der Waals surface area (Å²) in [5, 5.41) is 22.0. The second-order valence-corrected chi connectivity index (χ2v) is 13.8.